The van der Waals surface area contributed by atoms with Crippen LogP contribution in [0, 0.1) is 0 Å². The molecule has 72 valence electrons. The lowest BCUT2D eigenvalue weighted by Crippen LogP contribution is -2.48. The summed E-state index contributed by atoms with van der Waals surface area (Å²) in [4.78, 5) is 10.6. The summed E-state index contributed by atoms with van der Waals surface area (Å²) in [5.41, 5.74) is 8.56. The van der Waals surface area contributed by atoms with E-state index in [2.05, 4.69) is 0 Å². The van der Waals surface area contributed by atoms with Crippen LogP contribution in [0.25, 0.3) is 0 Å². The van der Waals surface area contributed by atoms with Gasteiger partial charge in [-0.05, 0) is 6.92 Å². The van der Waals surface area contributed by atoms with Crippen LogP contribution in [0.3, 0.4) is 0 Å². The Morgan fingerprint density at radius 3 is 2.42 bits per heavy atom. The third kappa shape index (κ3) is 5.93. The number of amides is 1. The molecule has 4 N–H and O–H groups in total. The van der Waals surface area contributed by atoms with Gasteiger partial charge in [-0.1, -0.05) is 0 Å². The maximum Gasteiger partial charge on any atom is 0.402 e. The summed E-state index contributed by atoms with van der Waals surface area (Å²) in [5.74, 6) is -0.681. The average molecular weight is 185 g/mol. The Morgan fingerprint density at radius 2 is 2.08 bits per heavy atom. The number of alkyl halides is 3. The summed E-state index contributed by atoms with van der Waals surface area (Å²) in [6, 6.07) is -0.828. The Labute approximate surface area is 67.3 Å². The van der Waals surface area contributed by atoms with Crippen molar-refractivity contribution in [2.75, 3.05) is 6.54 Å². The first-order valence-electron chi connectivity index (χ1n) is 3.18. The summed E-state index contributed by atoms with van der Waals surface area (Å²) in [6.45, 7) is 0.0933. The molecule has 0 saturated carbocycles. The van der Waals surface area contributed by atoms with Crippen molar-refractivity contribution in [1.29, 1.82) is 0 Å². The molecule has 0 aliphatic heterocycles. The Morgan fingerprint density at radius 1 is 1.58 bits per heavy atom. The van der Waals surface area contributed by atoms with E-state index in [9.17, 15) is 18.0 Å². The highest BCUT2D eigenvalue weighted by Crippen LogP contribution is 2.11. The summed E-state index contributed by atoms with van der Waals surface area (Å²) < 4.78 is 34.4. The molecule has 0 fully saturated rings. The lowest BCUT2D eigenvalue weighted by Gasteiger charge is -2.10. The number of hydrogen-bond donors (Lipinski definition) is 3. The monoisotopic (exact) mass is 185 g/mol. The number of nitrogens with two attached hydrogens (primary N) is 1. The quantitative estimate of drug-likeness (QED) is 0.520. The number of carbonyl (C=O) groups excluding carboxylic acids is 1. The number of rotatable bonds is 3. The molecule has 4 nitrogen and oxygen atoms in total. The van der Waals surface area contributed by atoms with Crippen molar-refractivity contribution in [2.45, 2.75) is 19.1 Å². The normalized spacial score (nSPS) is 14.1. The van der Waals surface area contributed by atoms with Crippen molar-refractivity contribution in [3.05, 3.63) is 0 Å². The minimum atomic E-state index is -4.34. The van der Waals surface area contributed by atoms with Gasteiger partial charge in [0.15, 0.2) is 0 Å². The number of carbonyl (C=O) groups is 1. The van der Waals surface area contributed by atoms with Gasteiger partial charge >= 0.3 is 6.18 Å². The van der Waals surface area contributed by atoms with Gasteiger partial charge in [-0.15, -0.1) is 0 Å². The molecule has 0 rings (SSSR count). The first kappa shape index (κ1) is 11.2. The van der Waals surface area contributed by atoms with E-state index in [1.807, 2.05) is 0 Å². The molecule has 0 aliphatic carbocycles. The third-order valence-corrected chi connectivity index (χ3v) is 0.914. The first-order valence-corrected chi connectivity index (χ1v) is 3.18. The van der Waals surface area contributed by atoms with E-state index in [1.54, 1.807) is 10.9 Å². The molecule has 7 heteroatoms. The number of halogens is 3. The van der Waals surface area contributed by atoms with Crippen molar-refractivity contribution < 1.29 is 18.0 Å². The highest BCUT2D eigenvalue weighted by atomic mass is 19.4. The van der Waals surface area contributed by atoms with Crippen molar-refractivity contribution in [1.82, 2.24) is 10.9 Å². The predicted octanol–water partition coefficient (Wildman–Crippen LogP) is -0.483. The summed E-state index contributed by atoms with van der Waals surface area (Å²) in [7, 11) is 0. The van der Waals surface area contributed by atoms with Gasteiger partial charge in [-0.3, -0.25) is 10.2 Å². The van der Waals surface area contributed by atoms with Crippen LogP contribution in [0.1, 0.15) is 6.92 Å². The van der Waals surface area contributed by atoms with E-state index < -0.39 is 24.7 Å². The van der Waals surface area contributed by atoms with Gasteiger partial charge in [0, 0.05) is 0 Å². The summed E-state index contributed by atoms with van der Waals surface area (Å²) in [6.07, 6.45) is -4.34. The molecular formula is C5H10F3N3O. The standard InChI is InChI=1S/C5H10F3N3O/c1-3(9)4(12)11-10-2-5(6,7)8/h3,10H,2,9H2,1H3,(H,11,12)/t3-/m1/s1. The maximum atomic E-state index is 11.5. The molecule has 0 radical (unpaired) electrons. The van der Waals surface area contributed by atoms with Crippen molar-refractivity contribution >= 4 is 5.91 Å². The van der Waals surface area contributed by atoms with E-state index in [4.69, 9.17) is 5.73 Å². The molecular weight excluding hydrogens is 175 g/mol. The molecule has 1 atom stereocenters. The smallest absolute Gasteiger partial charge is 0.320 e. The van der Waals surface area contributed by atoms with Gasteiger partial charge < -0.3 is 5.73 Å². The molecule has 0 aromatic heterocycles. The Hall–Kier alpha value is -0.820. The Balaban J connectivity index is 3.51. The van der Waals surface area contributed by atoms with Crippen LogP contribution >= 0.6 is 0 Å². The zero-order valence-corrected chi connectivity index (χ0v) is 6.40. The number of hydrogen-bond acceptors (Lipinski definition) is 3. The maximum absolute atomic E-state index is 11.5. The zero-order chi connectivity index (χ0) is 9.78. The molecule has 0 aliphatic rings. The van der Waals surface area contributed by atoms with Crippen LogP contribution in [0.5, 0.6) is 0 Å². The average Bonchev–Trinajstić information content (AvgIpc) is 1.84. The van der Waals surface area contributed by atoms with Crippen LogP contribution in [-0.4, -0.2) is 24.7 Å². The Bertz CT molecular complexity index is 157. The predicted molar refractivity (Wildman–Crippen MR) is 35.8 cm³/mol. The van der Waals surface area contributed by atoms with Crippen LogP contribution < -0.4 is 16.6 Å². The van der Waals surface area contributed by atoms with E-state index in [1.165, 1.54) is 6.92 Å². The summed E-state index contributed by atoms with van der Waals surface area (Å²) >= 11 is 0. The molecule has 1 amide bonds. The third-order valence-electron chi connectivity index (χ3n) is 0.914. The second-order valence-electron chi connectivity index (χ2n) is 2.25. The van der Waals surface area contributed by atoms with Crippen LogP contribution in [-0.2, 0) is 4.79 Å². The minimum absolute atomic E-state index is 0.681. The van der Waals surface area contributed by atoms with Crippen LogP contribution in [0.4, 0.5) is 13.2 Å². The second kappa shape index (κ2) is 4.27. The van der Waals surface area contributed by atoms with Crippen LogP contribution in [0.2, 0.25) is 0 Å². The fourth-order valence-corrected chi connectivity index (χ4v) is 0.345. The van der Waals surface area contributed by atoms with Crippen LogP contribution in [0.15, 0.2) is 0 Å². The van der Waals surface area contributed by atoms with Gasteiger partial charge in [-0.25, -0.2) is 5.43 Å². The zero-order valence-electron chi connectivity index (χ0n) is 6.40. The van der Waals surface area contributed by atoms with Gasteiger partial charge in [0.25, 0.3) is 5.91 Å². The fourth-order valence-electron chi connectivity index (χ4n) is 0.345. The first-order chi connectivity index (χ1) is 5.33. The van der Waals surface area contributed by atoms with Gasteiger partial charge in [0.1, 0.15) is 6.54 Å². The minimum Gasteiger partial charge on any atom is -0.320 e. The molecule has 0 aromatic carbocycles. The van der Waals surface area contributed by atoms with Crippen molar-refractivity contribution in [2.24, 2.45) is 5.73 Å². The van der Waals surface area contributed by atoms with Crippen molar-refractivity contribution in [3.63, 3.8) is 0 Å². The Kier molecular flexibility index (Phi) is 3.98. The van der Waals surface area contributed by atoms with E-state index in [0.717, 1.165) is 0 Å². The largest absolute Gasteiger partial charge is 0.402 e. The highest BCUT2D eigenvalue weighted by molar-refractivity contribution is 5.80. The topological polar surface area (TPSA) is 67.2 Å². The lowest BCUT2D eigenvalue weighted by molar-refractivity contribution is -0.132. The molecule has 0 heterocycles. The van der Waals surface area contributed by atoms with E-state index in [-0.39, 0.29) is 0 Å². The molecule has 12 heavy (non-hydrogen) atoms. The fraction of sp³-hybridized carbons (Fsp3) is 0.800. The number of nitrogens with one attached hydrogen (secondary N) is 2. The van der Waals surface area contributed by atoms with Gasteiger partial charge in [0.05, 0.1) is 6.04 Å². The second-order valence-corrected chi connectivity index (χ2v) is 2.25. The lowest BCUT2D eigenvalue weighted by atomic mass is 10.3. The molecule has 0 aromatic rings. The molecule has 0 saturated heterocycles. The van der Waals surface area contributed by atoms with E-state index >= 15 is 0 Å². The van der Waals surface area contributed by atoms with Crippen molar-refractivity contribution in [3.8, 4) is 0 Å². The molecule has 0 spiro atoms. The van der Waals surface area contributed by atoms with Gasteiger partial charge in [0.2, 0.25) is 0 Å². The SMILES string of the molecule is C[C@@H](N)C(=O)NNCC(F)(F)F. The highest BCUT2D eigenvalue weighted by Gasteiger charge is 2.26. The number of hydrazine groups is 1. The summed E-state index contributed by atoms with van der Waals surface area (Å²) in [5, 5.41) is 0. The molecule has 0 bridgehead atoms. The molecule has 0 unspecified atom stereocenters. The van der Waals surface area contributed by atoms with E-state index in [0.29, 0.717) is 0 Å². The van der Waals surface area contributed by atoms with Gasteiger partial charge in [-0.2, -0.15) is 13.2 Å².